The molecule has 3 aromatic rings. The van der Waals surface area contributed by atoms with Gasteiger partial charge in [0.05, 0.1) is 14.1 Å². The molecular weight excluding hydrogens is 581 g/mol. The van der Waals surface area contributed by atoms with E-state index in [1.165, 1.54) is 23.1 Å². The van der Waals surface area contributed by atoms with E-state index in [1.54, 1.807) is 34.2 Å². The molecule has 0 fully saturated rings. The van der Waals surface area contributed by atoms with E-state index in [2.05, 4.69) is 52.8 Å². The Balaban J connectivity index is 1.47. The fourth-order valence-corrected chi connectivity index (χ4v) is 7.12. The van der Waals surface area contributed by atoms with E-state index < -0.39 is 0 Å². The van der Waals surface area contributed by atoms with Crippen molar-refractivity contribution in [2.45, 2.75) is 95.5 Å². The molecule has 1 aliphatic heterocycles. The second-order valence-corrected chi connectivity index (χ2v) is 13.5. The van der Waals surface area contributed by atoms with Gasteiger partial charge in [-0.2, -0.15) is 0 Å². The van der Waals surface area contributed by atoms with E-state index in [1.807, 2.05) is 14.0 Å². The Morgan fingerprint density at radius 1 is 0.674 bits per heavy atom. The molecule has 0 amide bonds. The van der Waals surface area contributed by atoms with Crippen LogP contribution < -0.4 is 31.0 Å². The summed E-state index contributed by atoms with van der Waals surface area (Å²) in [5.41, 5.74) is 2.63. The lowest BCUT2D eigenvalue weighted by molar-refractivity contribution is -0.718. The predicted molar refractivity (Wildman–Crippen MR) is 175 cm³/mol. The largest absolute Gasteiger partial charge is 0.361 e. The van der Waals surface area contributed by atoms with E-state index in [0.717, 1.165) is 96.5 Å². The lowest BCUT2D eigenvalue weighted by atomic mass is 10.2. The van der Waals surface area contributed by atoms with E-state index in [9.17, 15) is 9.59 Å². The average Bonchev–Trinajstić information content (AvgIpc) is 2.96. The van der Waals surface area contributed by atoms with Crippen molar-refractivity contribution in [2.24, 2.45) is 14.1 Å². The van der Waals surface area contributed by atoms with Gasteiger partial charge in [0, 0.05) is 61.6 Å². The van der Waals surface area contributed by atoms with E-state index in [4.69, 9.17) is 9.97 Å². The molecular formula is C31H48N8O2S2+2. The zero-order valence-electron chi connectivity index (χ0n) is 26.4. The molecule has 0 saturated carbocycles. The highest BCUT2D eigenvalue weighted by Gasteiger charge is 2.18. The Morgan fingerprint density at radius 2 is 1.16 bits per heavy atom. The number of nitrogens with zero attached hydrogens (tertiary/aromatic N) is 6. The van der Waals surface area contributed by atoms with Gasteiger partial charge in [0.2, 0.25) is 11.6 Å². The molecule has 43 heavy (non-hydrogen) atoms. The van der Waals surface area contributed by atoms with Gasteiger partial charge in [-0.05, 0) is 92.8 Å². The number of hydrogen-bond donors (Lipinski definition) is 2. The molecule has 0 aliphatic carbocycles. The van der Waals surface area contributed by atoms with Crippen molar-refractivity contribution >= 4 is 35.2 Å². The number of fused-ring (bicyclic) bond motifs is 6. The minimum atomic E-state index is -0.212. The fourth-order valence-electron chi connectivity index (χ4n) is 5.06. The quantitative estimate of drug-likeness (QED) is 0.286. The average molecular weight is 629 g/mol. The van der Waals surface area contributed by atoms with Crippen LogP contribution in [0.5, 0.6) is 0 Å². The van der Waals surface area contributed by atoms with Gasteiger partial charge in [-0.15, -0.1) is 0 Å². The van der Waals surface area contributed by atoms with Crippen LogP contribution in [0.25, 0.3) is 0 Å². The molecule has 0 spiro atoms. The van der Waals surface area contributed by atoms with Crippen LogP contribution in [0.1, 0.15) is 68.4 Å². The van der Waals surface area contributed by atoms with Crippen LogP contribution in [0.2, 0.25) is 0 Å². The molecule has 0 unspecified atom stereocenters. The van der Waals surface area contributed by atoms with Gasteiger partial charge in [0.1, 0.15) is 11.4 Å². The highest BCUT2D eigenvalue weighted by molar-refractivity contribution is 7.99. The van der Waals surface area contributed by atoms with Gasteiger partial charge < -0.3 is 10.6 Å². The third-order valence-electron chi connectivity index (χ3n) is 7.97. The standard InChI is InChI=1S/C31H46N8O2S2/c1-23-20-26-32-14-8-6-7-9-15-33-27-21-24(2)37(5)30(35-27)43-19-13-11-17-39-28(40)22-25(3)38(31(39)41)16-10-12-18-42-29(34-26)36(23)4/h20-22H,6-19H2,1-5H3/p+2. The van der Waals surface area contributed by atoms with Crippen molar-refractivity contribution in [3.05, 3.63) is 56.1 Å². The Bertz CT molecular complexity index is 1500. The van der Waals surface area contributed by atoms with Crippen LogP contribution in [0, 0.1) is 20.8 Å². The molecule has 0 atom stereocenters. The number of aromatic nitrogens is 6. The summed E-state index contributed by atoms with van der Waals surface area (Å²) in [6.45, 7) is 8.91. The minimum absolute atomic E-state index is 0.201. The maximum atomic E-state index is 13.3. The van der Waals surface area contributed by atoms with Crippen LogP contribution in [0.4, 0.5) is 11.6 Å². The summed E-state index contributed by atoms with van der Waals surface area (Å²) in [6, 6.07) is 5.80. The predicted octanol–water partition coefficient (Wildman–Crippen LogP) is 3.92. The number of nitrogens with one attached hydrogen (secondary N) is 2. The first-order chi connectivity index (χ1) is 20.7. The Kier molecular flexibility index (Phi) is 12.5. The topological polar surface area (TPSA) is 102 Å². The van der Waals surface area contributed by atoms with Crippen molar-refractivity contribution in [1.29, 1.82) is 0 Å². The fraction of sp³-hybridized carbons (Fsp3) is 0.613. The van der Waals surface area contributed by atoms with Crippen LogP contribution >= 0.6 is 23.5 Å². The lowest BCUT2D eigenvalue weighted by Crippen LogP contribution is -2.40. The second kappa shape index (κ2) is 16.3. The normalized spacial score (nSPS) is 16.5. The van der Waals surface area contributed by atoms with E-state index >= 15 is 0 Å². The molecule has 234 valence electrons. The molecule has 10 nitrogen and oxygen atoms in total. The van der Waals surface area contributed by atoms with Gasteiger partial charge in [0.15, 0.2) is 0 Å². The molecule has 6 bridgehead atoms. The number of hydrogen-bond acceptors (Lipinski definition) is 8. The number of rotatable bonds is 0. The van der Waals surface area contributed by atoms with E-state index in [0.29, 0.717) is 13.1 Å². The summed E-state index contributed by atoms with van der Waals surface area (Å²) in [7, 11) is 4.10. The molecule has 2 N–H and O–H groups in total. The lowest BCUT2D eigenvalue weighted by Gasteiger charge is -2.13. The molecule has 12 heteroatoms. The summed E-state index contributed by atoms with van der Waals surface area (Å²) in [5, 5.41) is 9.00. The number of anilines is 2. The molecule has 0 radical (unpaired) electrons. The van der Waals surface area contributed by atoms with Gasteiger partial charge in [-0.25, -0.2) is 13.9 Å². The Hall–Kier alpha value is -2.86. The summed E-state index contributed by atoms with van der Waals surface area (Å²) < 4.78 is 7.41. The van der Waals surface area contributed by atoms with Gasteiger partial charge in [-0.3, -0.25) is 13.9 Å². The van der Waals surface area contributed by atoms with Crippen LogP contribution in [0.3, 0.4) is 0 Å². The zero-order chi connectivity index (χ0) is 30.8. The molecule has 0 saturated heterocycles. The van der Waals surface area contributed by atoms with Crippen molar-refractivity contribution in [3.63, 3.8) is 0 Å². The van der Waals surface area contributed by atoms with Gasteiger partial charge in [0.25, 0.3) is 5.56 Å². The van der Waals surface area contributed by atoms with E-state index in [-0.39, 0.29) is 11.2 Å². The molecule has 3 aromatic heterocycles. The highest BCUT2D eigenvalue weighted by atomic mass is 32.2. The highest BCUT2D eigenvalue weighted by Crippen LogP contribution is 2.18. The second-order valence-electron chi connectivity index (χ2n) is 11.3. The van der Waals surface area contributed by atoms with Crippen molar-refractivity contribution < 1.29 is 9.13 Å². The van der Waals surface area contributed by atoms with Crippen LogP contribution in [-0.4, -0.2) is 43.7 Å². The Labute approximate surface area is 263 Å². The summed E-state index contributed by atoms with van der Waals surface area (Å²) >= 11 is 3.47. The molecule has 4 rings (SSSR count). The Morgan fingerprint density at radius 3 is 1.67 bits per heavy atom. The van der Waals surface area contributed by atoms with Crippen molar-refractivity contribution in [3.8, 4) is 0 Å². The smallest absolute Gasteiger partial charge is 0.349 e. The summed E-state index contributed by atoms with van der Waals surface area (Å²) in [4.78, 5) is 35.7. The molecule has 1 aliphatic rings. The first kappa shape index (κ1) is 33.0. The maximum absolute atomic E-state index is 13.3. The summed E-state index contributed by atoms with van der Waals surface area (Å²) in [6.07, 6.45) is 8.01. The third kappa shape index (κ3) is 9.31. The monoisotopic (exact) mass is 628 g/mol. The zero-order valence-corrected chi connectivity index (χ0v) is 28.1. The number of thioether (sulfide) groups is 2. The first-order valence-electron chi connectivity index (χ1n) is 15.5. The van der Waals surface area contributed by atoms with Crippen molar-refractivity contribution in [2.75, 3.05) is 35.2 Å². The third-order valence-corrected chi connectivity index (χ3v) is 10.2. The maximum Gasteiger partial charge on any atom is 0.361 e. The van der Waals surface area contributed by atoms with Crippen molar-refractivity contribution in [1.82, 2.24) is 19.1 Å². The van der Waals surface area contributed by atoms with Gasteiger partial charge >= 0.3 is 16.0 Å². The van der Waals surface area contributed by atoms with Crippen LogP contribution in [-0.2, 0) is 27.2 Å². The minimum Gasteiger partial charge on any atom is -0.349 e. The van der Waals surface area contributed by atoms with Crippen LogP contribution in [0.15, 0.2) is 38.1 Å². The van der Waals surface area contributed by atoms with Gasteiger partial charge in [-0.1, -0.05) is 12.8 Å². The SMILES string of the molecule is Cc1cc(=O)n2c(=O)n1CCCCSc1nc(cc(C)[n+]1C)NCCCCCCNc1cc(C)[n+](C)c(n1)SCCCC2. The molecule has 4 heterocycles. The first-order valence-corrected chi connectivity index (χ1v) is 17.5. The molecule has 0 aromatic carbocycles. The number of aryl methyl sites for hydroxylation is 3. The summed E-state index contributed by atoms with van der Waals surface area (Å²) in [5.74, 6) is 3.63.